The smallest absolute Gasteiger partial charge is 0.329 e. The molecule has 0 amide bonds. The van der Waals surface area contributed by atoms with Crippen molar-refractivity contribution in [2.45, 2.75) is 6.18 Å². The van der Waals surface area contributed by atoms with E-state index >= 15 is 0 Å². The van der Waals surface area contributed by atoms with Gasteiger partial charge in [0.1, 0.15) is 5.82 Å². The summed E-state index contributed by atoms with van der Waals surface area (Å²) in [6.07, 6.45) is -4.44. The van der Waals surface area contributed by atoms with Gasteiger partial charge in [0.25, 0.3) is 0 Å². The SMILES string of the molecule is CN(c1ccccc1)c1nc(NN)nc2cc(C(F)(F)F)ccc12. The summed E-state index contributed by atoms with van der Waals surface area (Å²) in [5.74, 6) is 5.85. The Bertz CT molecular complexity index is 865. The Morgan fingerprint density at radius 1 is 1.04 bits per heavy atom. The van der Waals surface area contributed by atoms with Gasteiger partial charge in [-0.3, -0.25) is 5.43 Å². The van der Waals surface area contributed by atoms with Crippen LogP contribution in [0.4, 0.5) is 30.6 Å². The van der Waals surface area contributed by atoms with Crippen LogP contribution in [0.15, 0.2) is 48.5 Å². The third-order valence-electron chi connectivity index (χ3n) is 3.59. The van der Waals surface area contributed by atoms with Gasteiger partial charge in [-0.05, 0) is 30.3 Å². The van der Waals surface area contributed by atoms with Gasteiger partial charge in [0.15, 0.2) is 0 Å². The molecule has 0 fully saturated rings. The Labute approximate surface area is 135 Å². The predicted octanol–water partition coefficient (Wildman–Crippen LogP) is 3.70. The Hall–Kier alpha value is -2.87. The molecule has 0 spiro atoms. The maximum Gasteiger partial charge on any atom is 0.416 e. The third kappa shape index (κ3) is 2.95. The van der Waals surface area contributed by atoms with Crippen LogP contribution in [0.1, 0.15) is 5.56 Å². The van der Waals surface area contributed by atoms with Crippen LogP contribution < -0.4 is 16.2 Å². The Morgan fingerprint density at radius 3 is 2.38 bits per heavy atom. The first-order valence-corrected chi connectivity index (χ1v) is 7.04. The van der Waals surface area contributed by atoms with Gasteiger partial charge in [-0.2, -0.15) is 18.2 Å². The van der Waals surface area contributed by atoms with Crippen molar-refractivity contribution in [2.24, 2.45) is 5.84 Å². The predicted molar refractivity (Wildman–Crippen MR) is 86.9 cm³/mol. The first kappa shape index (κ1) is 16.0. The molecule has 0 aliphatic rings. The molecule has 0 unspecified atom stereocenters. The molecule has 2 aromatic carbocycles. The summed E-state index contributed by atoms with van der Waals surface area (Å²) in [6, 6.07) is 12.7. The number of hydrazine groups is 1. The number of para-hydroxylation sites is 1. The number of nitrogen functional groups attached to an aromatic ring is 1. The summed E-state index contributed by atoms with van der Waals surface area (Å²) < 4.78 is 38.8. The van der Waals surface area contributed by atoms with Gasteiger partial charge >= 0.3 is 6.18 Å². The van der Waals surface area contributed by atoms with Gasteiger partial charge in [-0.25, -0.2) is 10.8 Å². The zero-order chi connectivity index (χ0) is 17.3. The average molecular weight is 333 g/mol. The molecule has 1 aromatic heterocycles. The van der Waals surface area contributed by atoms with Gasteiger partial charge < -0.3 is 4.90 Å². The van der Waals surface area contributed by atoms with E-state index in [4.69, 9.17) is 5.84 Å². The van der Waals surface area contributed by atoms with E-state index in [0.29, 0.717) is 11.2 Å². The molecular formula is C16H14F3N5. The van der Waals surface area contributed by atoms with Gasteiger partial charge in [-0.1, -0.05) is 18.2 Å². The molecule has 5 nitrogen and oxygen atoms in total. The number of alkyl halides is 3. The van der Waals surface area contributed by atoms with Crippen LogP contribution in [0.25, 0.3) is 10.9 Å². The number of fused-ring (bicyclic) bond motifs is 1. The number of halogens is 3. The van der Waals surface area contributed by atoms with E-state index in [1.54, 1.807) is 11.9 Å². The quantitative estimate of drug-likeness (QED) is 0.565. The van der Waals surface area contributed by atoms with Crippen LogP contribution in [0, 0.1) is 0 Å². The second-order valence-corrected chi connectivity index (χ2v) is 5.14. The Balaban J connectivity index is 2.20. The standard InChI is InChI=1S/C16H14F3N5/c1-24(11-5-3-2-4-6-11)14-12-8-7-10(16(17,18)19)9-13(12)21-15(22-14)23-20/h2-9H,20H2,1H3,(H,21,22,23). The Morgan fingerprint density at radius 2 is 1.75 bits per heavy atom. The molecular weight excluding hydrogens is 319 g/mol. The molecule has 0 saturated carbocycles. The Kier molecular flexibility index (Phi) is 3.98. The van der Waals surface area contributed by atoms with Crippen LogP contribution in [0.2, 0.25) is 0 Å². The maximum atomic E-state index is 12.9. The lowest BCUT2D eigenvalue weighted by molar-refractivity contribution is -0.137. The highest BCUT2D eigenvalue weighted by atomic mass is 19.4. The number of rotatable bonds is 3. The first-order valence-electron chi connectivity index (χ1n) is 7.04. The van der Waals surface area contributed by atoms with E-state index in [-0.39, 0.29) is 11.5 Å². The number of benzene rings is 2. The molecule has 1 heterocycles. The lowest BCUT2D eigenvalue weighted by atomic mass is 10.1. The minimum atomic E-state index is -4.44. The van der Waals surface area contributed by atoms with Crippen molar-refractivity contribution in [3.05, 3.63) is 54.1 Å². The number of anilines is 3. The minimum absolute atomic E-state index is 0.0413. The number of nitrogens with one attached hydrogen (secondary N) is 1. The van der Waals surface area contributed by atoms with E-state index in [0.717, 1.165) is 17.8 Å². The fourth-order valence-corrected chi connectivity index (χ4v) is 2.38. The summed E-state index contributed by atoms with van der Waals surface area (Å²) in [5.41, 5.74) is 2.51. The second kappa shape index (κ2) is 5.97. The van der Waals surface area contributed by atoms with Crippen molar-refractivity contribution in [1.82, 2.24) is 9.97 Å². The zero-order valence-electron chi connectivity index (χ0n) is 12.7. The second-order valence-electron chi connectivity index (χ2n) is 5.14. The zero-order valence-corrected chi connectivity index (χ0v) is 12.7. The van der Waals surface area contributed by atoms with E-state index in [2.05, 4.69) is 15.4 Å². The van der Waals surface area contributed by atoms with Crippen molar-refractivity contribution in [1.29, 1.82) is 0 Å². The number of hydrogen-bond donors (Lipinski definition) is 2. The van der Waals surface area contributed by atoms with E-state index < -0.39 is 11.7 Å². The fourth-order valence-electron chi connectivity index (χ4n) is 2.38. The highest BCUT2D eigenvalue weighted by molar-refractivity contribution is 5.92. The molecule has 0 atom stereocenters. The topological polar surface area (TPSA) is 67.1 Å². The van der Waals surface area contributed by atoms with E-state index in [9.17, 15) is 13.2 Å². The van der Waals surface area contributed by atoms with E-state index in [1.807, 2.05) is 30.3 Å². The maximum absolute atomic E-state index is 12.9. The summed E-state index contributed by atoms with van der Waals surface area (Å²) in [5, 5.41) is 0.494. The van der Waals surface area contributed by atoms with Gasteiger partial charge in [0, 0.05) is 18.1 Å². The summed E-state index contributed by atoms with van der Waals surface area (Å²) in [7, 11) is 1.77. The van der Waals surface area contributed by atoms with Crippen molar-refractivity contribution in [2.75, 3.05) is 17.4 Å². The monoisotopic (exact) mass is 333 g/mol. The minimum Gasteiger partial charge on any atom is -0.329 e. The average Bonchev–Trinajstić information content (AvgIpc) is 2.59. The first-order chi connectivity index (χ1) is 11.4. The van der Waals surface area contributed by atoms with E-state index in [1.165, 1.54) is 6.07 Å². The summed E-state index contributed by atoms with van der Waals surface area (Å²) in [6.45, 7) is 0. The molecule has 0 radical (unpaired) electrons. The van der Waals surface area contributed by atoms with Gasteiger partial charge in [0.05, 0.1) is 11.1 Å². The van der Waals surface area contributed by atoms with Crippen LogP contribution in [-0.4, -0.2) is 17.0 Å². The lowest BCUT2D eigenvalue weighted by Crippen LogP contribution is -2.16. The lowest BCUT2D eigenvalue weighted by Gasteiger charge is -2.21. The van der Waals surface area contributed by atoms with Crippen LogP contribution in [-0.2, 0) is 6.18 Å². The largest absolute Gasteiger partial charge is 0.416 e. The summed E-state index contributed by atoms with van der Waals surface area (Å²) >= 11 is 0. The van der Waals surface area contributed by atoms with Crippen molar-refractivity contribution >= 4 is 28.4 Å². The number of nitrogens with zero attached hydrogens (tertiary/aromatic N) is 3. The third-order valence-corrected chi connectivity index (χ3v) is 3.59. The van der Waals surface area contributed by atoms with Crippen LogP contribution in [0.5, 0.6) is 0 Å². The molecule has 0 aliphatic heterocycles. The number of aromatic nitrogens is 2. The van der Waals surface area contributed by atoms with Crippen molar-refractivity contribution in [3.8, 4) is 0 Å². The molecule has 124 valence electrons. The van der Waals surface area contributed by atoms with Crippen LogP contribution >= 0.6 is 0 Å². The highest BCUT2D eigenvalue weighted by Gasteiger charge is 2.31. The molecule has 3 N–H and O–H groups in total. The molecule has 8 heteroatoms. The van der Waals surface area contributed by atoms with Gasteiger partial charge in [-0.15, -0.1) is 0 Å². The summed E-state index contributed by atoms with van der Waals surface area (Å²) in [4.78, 5) is 10.1. The number of hydrogen-bond acceptors (Lipinski definition) is 5. The highest BCUT2D eigenvalue weighted by Crippen LogP contribution is 2.34. The van der Waals surface area contributed by atoms with Crippen molar-refractivity contribution < 1.29 is 13.2 Å². The molecule has 0 bridgehead atoms. The number of nitrogens with two attached hydrogens (primary N) is 1. The molecule has 3 aromatic rings. The molecule has 24 heavy (non-hydrogen) atoms. The fraction of sp³-hybridized carbons (Fsp3) is 0.125. The van der Waals surface area contributed by atoms with Crippen molar-refractivity contribution in [3.63, 3.8) is 0 Å². The van der Waals surface area contributed by atoms with Crippen LogP contribution in [0.3, 0.4) is 0 Å². The molecule has 0 aliphatic carbocycles. The van der Waals surface area contributed by atoms with Gasteiger partial charge in [0.2, 0.25) is 5.95 Å². The molecule has 3 rings (SSSR count). The normalized spacial score (nSPS) is 11.5. The molecule has 0 saturated heterocycles.